The fourth-order valence-electron chi connectivity index (χ4n) is 3.81. The predicted molar refractivity (Wildman–Crippen MR) is 130 cm³/mol. The van der Waals surface area contributed by atoms with E-state index in [1.807, 2.05) is 41.9 Å². The third-order valence-corrected chi connectivity index (χ3v) is 8.66. The molecule has 1 aromatic heterocycles. The summed E-state index contributed by atoms with van der Waals surface area (Å²) in [5.74, 6) is 0.613. The zero-order chi connectivity index (χ0) is 23.4. The van der Waals surface area contributed by atoms with E-state index in [1.54, 1.807) is 29.4 Å². The highest BCUT2D eigenvalue weighted by atomic mass is 32.2. The summed E-state index contributed by atoms with van der Waals surface area (Å²) in [7, 11) is -1.72. The highest BCUT2D eigenvalue weighted by Gasteiger charge is 2.27. The zero-order valence-electron chi connectivity index (χ0n) is 18.7. The average Bonchev–Trinajstić information content (AvgIpc) is 3.20. The second-order valence-corrected chi connectivity index (χ2v) is 10.9. The number of rotatable bonds is 7. The number of benzene rings is 2. The summed E-state index contributed by atoms with van der Waals surface area (Å²) in [4.78, 5) is 12.8. The fourth-order valence-corrected chi connectivity index (χ4v) is 6.29. The Morgan fingerprint density at radius 2 is 1.79 bits per heavy atom. The number of amides is 1. The average molecular weight is 486 g/mol. The lowest BCUT2D eigenvalue weighted by molar-refractivity contribution is -0.113. The molecule has 0 bridgehead atoms. The molecule has 174 valence electrons. The number of aromatic nitrogens is 3. The van der Waals surface area contributed by atoms with E-state index in [2.05, 4.69) is 15.5 Å². The van der Waals surface area contributed by atoms with Crippen LogP contribution < -0.4 is 5.32 Å². The second-order valence-electron chi connectivity index (χ2n) is 8.01. The number of piperidine rings is 1. The minimum Gasteiger partial charge on any atom is -0.325 e. The Hall–Kier alpha value is -2.69. The molecule has 1 amide bonds. The van der Waals surface area contributed by atoms with Crippen LogP contribution >= 0.6 is 11.8 Å². The Morgan fingerprint density at radius 1 is 1.06 bits per heavy atom. The number of nitrogens with zero attached hydrogens (tertiary/aromatic N) is 4. The Kier molecular flexibility index (Phi) is 7.16. The van der Waals surface area contributed by atoms with Crippen molar-refractivity contribution in [2.24, 2.45) is 7.05 Å². The molecule has 1 fully saturated rings. The Bertz CT molecular complexity index is 1240. The molecular weight excluding hydrogens is 458 g/mol. The lowest BCUT2D eigenvalue weighted by Gasteiger charge is -2.26. The third kappa shape index (κ3) is 5.29. The number of thioether (sulfide) groups is 1. The molecule has 1 N–H and O–H groups in total. The van der Waals surface area contributed by atoms with Crippen molar-refractivity contribution in [2.45, 2.75) is 36.2 Å². The predicted octanol–water partition coefficient (Wildman–Crippen LogP) is 3.70. The van der Waals surface area contributed by atoms with Crippen LogP contribution in [0, 0.1) is 6.92 Å². The van der Waals surface area contributed by atoms with Gasteiger partial charge in [-0.1, -0.05) is 54.6 Å². The van der Waals surface area contributed by atoms with Gasteiger partial charge >= 0.3 is 0 Å². The first-order valence-corrected chi connectivity index (χ1v) is 13.3. The molecule has 0 spiro atoms. The molecule has 0 radical (unpaired) electrons. The van der Waals surface area contributed by atoms with Gasteiger partial charge in [0.1, 0.15) is 0 Å². The molecule has 1 saturated heterocycles. The van der Waals surface area contributed by atoms with Gasteiger partial charge in [-0.15, -0.1) is 10.2 Å². The van der Waals surface area contributed by atoms with Crippen LogP contribution in [0.15, 0.2) is 58.6 Å². The molecule has 1 aliphatic rings. The number of carbonyl (C=O) groups is 1. The lowest BCUT2D eigenvalue weighted by atomic mass is 10.2. The number of anilines is 1. The first kappa shape index (κ1) is 23.5. The summed E-state index contributed by atoms with van der Waals surface area (Å²) in [6, 6.07) is 14.7. The van der Waals surface area contributed by atoms with Crippen molar-refractivity contribution >= 4 is 33.4 Å². The standard InChI is InChI=1S/C23H27N5O3S2/c1-17-11-12-19(15-20(17)33(30,31)28-13-7-4-8-14-28)24-21(29)16-32-23-26-25-22(27(23)2)18-9-5-3-6-10-18/h3,5-6,9-12,15H,4,7-8,13-14,16H2,1-2H3,(H,24,29). The topological polar surface area (TPSA) is 97.2 Å². The SMILES string of the molecule is Cc1ccc(NC(=O)CSc2nnc(-c3ccccc3)n2C)cc1S(=O)(=O)N1CCCCC1. The number of sulfonamides is 1. The number of aryl methyl sites for hydroxylation is 1. The van der Waals surface area contributed by atoms with Crippen LogP contribution in [0.5, 0.6) is 0 Å². The Balaban J connectivity index is 1.42. The highest BCUT2D eigenvalue weighted by Crippen LogP contribution is 2.27. The molecule has 2 heterocycles. The van der Waals surface area contributed by atoms with Gasteiger partial charge in [0.25, 0.3) is 0 Å². The smallest absolute Gasteiger partial charge is 0.243 e. The van der Waals surface area contributed by atoms with Crippen molar-refractivity contribution in [1.29, 1.82) is 0 Å². The van der Waals surface area contributed by atoms with Crippen molar-refractivity contribution in [3.05, 3.63) is 54.1 Å². The number of hydrogen-bond acceptors (Lipinski definition) is 6. The highest BCUT2D eigenvalue weighted by molar-refractivity contribution is 7.99. The summed E-state index contributed by atoms with van der Waals surface area (Å²) in [6.45, 7) is 2.85. The van der Waals surface area contributed by atoms with E-state index in [0.717, 1.165) is 30.7 Å². The van der Waals surface area contributed by atoms with Gasteiger partial charge in [0, 0.05) is 31.4 Å². The van der Waals surface area contributed by atoms with Crippen molar-refractivity contribution in [3.8, 4) is 11.4 Å². The van der Waals surface area contributed by atoms with Gasteiger partial charge in [-0.2, -0.15) is 4.31 Å². The quantitative estimate of drug-likeness (QED) is 0.513. The molecular formula is C23H27N5O3S2. The molecule has 0 unspecified atom stereocenters. The molecule has 4 rings (SSSR count). The minimum absolute atomic E-state index is 0.128. The molecule has 1 aliphatic heterocycles. The second kappa shape index (κ2) is 10.1. The normalized spacial score (nSPS) is 14.8. The van der Waals surface area contributed by atoms with Gasteiger partial charge in [0.05, 0.1) is 10.6 Å². The van der Waals surface area contributed by atoms with Gasteiger partial charge in [-0.3, -0.25) is 4.79 Å². The maximum atomic E-state index is 13.1. The van der Waals surface area contributed by atoms with Gasteiger partial charge in [0.15, 0.2) is 11.0 Å². The zero-order valence-corrected chi connectivity index (χ0v) is 20.3. The molecule has 3 aromatic rings. The van der Waals surface area contributed by atoms with Crippen molar-refractivity contribution < 1.29 is 13.2 Å². The molecule has 0 atom stereocenters. The maximum Gasteiger partial charge on any atom is 0.243 e. The first-order chi connectivity index (χ1) is 15.9. The number of hydrogen-bond donors (Lipinski definition) is 1. The summed E-state index contributed by atoms with van der Waals surface area (Å²) >= 11 is 1.28. The summed E-state index contributed by atoms with van der Waals surface area (Å²) in [6.07, 6.45) is 2.80. The van der Waals surface area contributed by atoms with Crippen LogP contribution in [0.2, 0.25) is 0 Å². The van der Waals surface area contributed by atoms with Crippen LogP contribution in [0.3, 0.4) is 0 Å². The van der Waals surface area contributed by atoms with Gasteiger partial charge in [-0.05, 0) is 37.5 Å². The third-order valence-electron chi connectivity index (χ3n) is 5.60. The van der Waals surface area contributed by atoms with Crippen LogP contribution in [-0.4, -0.2) is 52.2 Å². The monoisotopic (exact) mass is 485 g/mol. The van der Waals surface area contributed by atoms with Crippen LogP contribution in [0.25, 0.3) is 11.4 Å². The summed E-state index contributed by atoms with van der Waals surface area (Å²) in [5, 5.41) is 11.9. The molecule has 2 aromatic carbocycles. The maximum absolute atomic E-state index is 13.1. The lowest BCUT2D eigenvalue weighted by Crippen LogP contribution is -2.36. The van der Waals surface area contributed by atoms with Crippen molar-refractivity contribution in [2.75, 3.05) is 24.2 Å². The molecule has 33 heavy (non-hydrogen) atoms. The Labute approximate surface area is 198 Å². The van der Waals surface area contributed by atoms with E-state index in [0.29, 0.717) is 29.5 Å². The van der Waals surface area contributed by atoms with Crippen molar-refractivity contribution in [3.63, 3.8) is 0 Å². The minimum atomic E-state index is -3.58. The van der Waals surface area contributed by atoms with E-state index >= 15 is 0 Å². The van der Waals surface area contributed by atoms with E-state index in [4.69, 9.17) is 0 Å². The van der Waals surface area contributed by atoms with Gasteiger partial charge in [0.2, 0.25) is 15.9 Å². The van der Waals surface area contributed by atoms with E-state index in [9.17, 15) is 13.2 Å². The largest absolute Gasteiger partial charge is 0.325 e. The number of carbonyl (C=O) groups excluding carboxylic acids is 1. The Morgan fingerprint density at radius 3 is 2.52 bits per heavy atom. The van der Waals surface area contributed by atoms with Crippen LogP contribution in [0.4, 0.5) is 5.69 Å². The van der Waals surface area contributed by atoms with Gasteiger partial charge in [-0.25, -0.2) is 8.42 Å². The fraction of sp³-hybridized carbons (Fsp3) is 0.348. The molecule has 0 saturated carbocycles. The van der Waals surface area contributed by atoms with E-state index in [-0.39, 0.29) is 16.6 Å². The molecule has 0 aliphatic carbocycles. The summed E-state index contributed by atoms with van der Waals surface area (Å²) in [5.41, 5.74) is 2.08. The van der Waals surface area contributed by atoms with Gasteiger partial charge < -0.3 is 9.88 Å². The van der Waals surface area contributed by atoms with Crippen LogP contribution in [0.1, 0.15) is 24.8 Å². The van der Waals surface area contributed by atoms with E-state index in [1.165, 1.54) is 11.8 Å². The van der Waals surface area contributed by atoms with Crippen LogP contribution in [-0.2, 0) is 21.9 Å². The van der Waals surface area contributed by atoms with Crippen molar-refractivity contribution in [1.82, 2.24) is 19.1 Å². The molecule has 10 heteroatoms. The summed E-state index contributed by atoms with van der Waals surface area (Å²) < 4.78 is 29.6. The first-order valence-electron chi connectivity index (χ1n) is 10.8. The molecule has 8 nitrogen and oxygen atoms in total. The van der Waals surface area contributed by atoms with E-state index < -0.39 is 10.0 Å². The number of nitrogens with one attached hydrogen (secondary N) is 1.